The summed E-state index contributed by atoms with van der Waals surface area (Å²) in [6, 6.07) is 4.85. The lowest BCUT2D eigenvalue weighted by molar-refractivity contribution is -0.143. The van der Waals surface area contributed by atoms with Gasteiger partial charge in [-0.15, -0.1) is 0 Å². The SMILES string of the molecule is COC(=O)[C@]1(C)Nc2c(O)cc3c(c2C1=O)C(CBr)CN3C(=O)c1cc2cc(OC)c(OC)c(OC)c2[nH]1. The molecule has 1 aromatic heterocycles. The number of phenols is 1. The van der Waals surface area contributed by atoms with Crippen LogP contribution in [0.5, 0.6) is 23.0 Å². The molecule has 2 aromatic carbocycles. The highest BCUT2D eigenvalue weighted by Crippen LogP contribution is 2.51. The van der Waals surface area contributed by atoms with Gasteiger partial charge in [-0.25, -0.2) is 4.79 Å². The topological polar surface area (TPSA) is 139 Å². The van der Waals surface area contributed by atoms with Gasteiger partial charge in [0.15, 0.2) is 17.0 Å². The fourth-order valence-electron chi connectivity index (χ4n) is 5.31. The minimum Gasteiger partial charge on any atom is -0.506 e. The van der Waals surface area contributed by atoms with E-state index in [2.05, 4.69) is 26.2 Å². The number of carbonyl (C=O) groups is 3. The van der Waals surface area contributed by atoms with E-state index in [0.29, 0.717) is 44.7 Å². The minimum atomic E-state index is -1.69. The average molecular weight is 588 g/mol. The third kappa shape index (κ3) is 3.43. The van der Waals surface area contributed by atoms with Gasteiger partial charge in [0.05, 0.1) is 50.9 Å². The molecule has 0 saturated carbocycles. The van der Waals surface area contributed by atoms with E-state index in [1.807, 2.05) is 0 Å². The summed E-state index contributed by atoms with van der Waals surface area (Å²) in [6.07, 6.45) is 0. The number of esters is 1. The van der Waals surface area contributed by atoms with Crippen LogP contribution in [-0.4, -0.2) is 73.6 Å². The largest absolute Gasteiger partial charge is 0.506 e. The number of amides is 1. The first kappa shape index (κ1) is 25.7. The van der Waals surface area contributed by atoms with Gasteiger partial charge in [-0.3, -0.25) is 9.59 Å². The van der Waals surface area contributed by atoms with E-state index >= 15 is 0 Å². The van der Waals surface area contributed by atoms with Crippen molar-refractivity contribution in [1.29, 1.82) is 0 Å². The maximum absolute atomic E-state index is 13.8. The molecule has 2 aliphatic rings. The molecule has 5 rings (SSSR count). The van der Waals surface area contributed by atoms with Crippen molar-refractivity contribution in [3.63, 3.8) is 0 Å². The number of ketones is 1. The Kier molecular flexibility index (Phi) is 6.17. The smallest absolute Gasteiger partial charge is 0.339 e. The van der Waals surface area contributed by atoms with Crippen LogP contribution in [0, 0.1) is 0 Å². The van der Waals surface area contributed by atoms with Crippen molar-refractivity contribution >= 4 is 55.9 Å². The van der Waals surface area contributed by atoms with Crippen molar-refractivity contribution < 1.29 is 38.4 Å². The molecule has 12 heteroatoms. The van der Waals surface area contributed by atoms with Gasteiger partial charge in [0, 0.05) is 29.2 Å². The van der Waals surface area contributed by atoms with Crippen molar-refractivity contribution in [2.75, 3.05) is 50.5 Å². The van der Waals surface area contributed by atoms with Crippen LogP contribution in [-0.2, 0) is 9.53 Å². The average Bonchev–Trinajstić information content (AvgIpc) is 3.59. The van der Waals surface area contributed by atoms with Gasteiger partial charge in [0.25, 0.3) is 5.91 Å². The molecule has 3 heterocycles. The number of aromatic hydroxyl groups is 1. The number of halogens is 1. The second-order valence-corrected chi connectivity index (χ2v) is 9.86. The van der Waals surface area contributed by atoms with Gasteiger partial charge in [-0.05, 0) is 24.6 Å². The molecule has 0 fully saturated rings. The number of aromatic amines is 1. The van der Waals surface area contributed by atoms with Crippen LogP contribution in [0.1, 0.15) is 39.3 Å². The third-order valence-corrected chi connectivity index (χ3v) is 7.94. The second-order valence-electron chi connectivity index (χ2n) is 9.21. The first-order valence-corrected chi connectivity index (χ1v) is 12.8. The number of rotatable bonds is 6. The summed E-state index contributed by atoms with van der Waals surface area (Å²) in [5, 5.41) is 14.8. The summed E-state index contributed by atoms with van der Waals surface area (Å²) in [7, 11) is 5.69. The van der Waals surface area contributed by atoms with Gasteiger partial charge in [-0.2, -0.15) is 0 Å². The Balaban J connectivity index is 1.62. The maximum Gasteiger partial charge on any atom is 0.339 e. The maximum atomic E-state index is 13.8. The van der Waals surface area contributed by atoms with Crippen molar-refractivity contribution in [2.45, 2.75) is 18.4 Å². The minimum absolute atomic E-state index is 0.149. The highest BCUT2D eigenvalue weighted by molar-refractivity contribution is 9.09. The van der Waals surface area contributed by atoms with E-state index < -0.39 is 17.3 Å². The lowest BCUT2D eigenvalue weighted by atomic mass is 9.89. The van der Waals surface area contributed by atoms with Gasteiger partial charge < -0.3 is 39.3 Å². The highest BCUT2D eigenvalue weighted by atomic mass is 79.9. The predicted octanol–water partition coefficient (Wildman–Crippen LogP) is 3.58. The lowest BCUT2D eigenvalue weighted by Gasteiger charge is -2.20. The number of phenolic OH excluding ortho intramolecular Hbond substituents is 1. The number of nitrogens with zero attached hydrogens (tertiary/aromatic N) is 1. The summed E-state index contributed by atoms with van der Waals surface area (Å²) in [5.74, 6) is -0.981. The normalized spacial score (nSPS) is 19.7. The van der Waals surface area contributed by atoms with Crippen LogP contribution in [0.25, 0.3) is 10.9 Å². The molecule has 200 valence electrons. The number of benzene rings is 2. The number of nitrogens with one attached hydrogen (secondary N) is 2. The van der Waals surface area contributed by atoms with Gasteiger partial charge in [0.2, 0.25) is 11.5 Å². The van der Waals surface area contributed by atoms with E-state index in [1.165, 1.54) is 46.3 Å². The first-order chi connectivity index (χ1) is 18.1. The fourth-order valence-corrected chi connectivity index (χ4v) is 5.84. The standard InChI is InChI=1S/C26H26BrN3O8/c1-26(25(34)38-5)23(32)18-17-12(9-27)10-30(14(17)8-15(31)20(18)29-26)24(33)13-6-11-7-16(35-2)21(36-3)22(37-4)19(11)28-13/h6-8,12,28-29,31H,9-10H2,1-5H3/t12?,26-/m1/s1. The number of alkyl halides is 1. The van der Waals surface area contributed by atoms with Crippen molar-refractivity contribution in [1.82, 2.24) is 4.98 Å². The van der Waals surface area contributed by atoms with Crippen LogP contribution in [0.2, 0.25) is 0 Å². The molecule has 0 spiro atoms. The summed E-state index contributed by atoms with van der Waals surface area (Å²) in [5.41, 5.74) is 0.417. The number of fused-ring (bicyclic) bond motifs is 4. The summed E-state index contributed by atoms with van der Waals surface area (Å²) >= 11 is 3.50. The molecule has 1 amide bonds. The number of carbonyl (C=O) groups excluding carboxylic acids is 3. The molecular formula is C26H26BrN3O8. The molecule has 2 aliphatic heterocycles. The second kappa shape index (κ2) is 9.12. The zero-order valence-electron chi connectivity index (χ0n) is 21.4. The molecule has 1 unspecified atom stereocenters. The summed E-state index contributed by atoms with van der Waals surface area (Å²) in [4.78, 5) is 44.5. The van der Waals surface area contributed by atoms with Crippen LogP contribution < -0.4 is 24.4 Å². The van der Waals surface area contributed by atoms with Crippen LogP contribution in [0.15, 0.2) is 18.2 Å². The van der Waals surface area contributed by atoms with E-state index in [0.717, 1.165) is 0 Å². The molecule has 0 aliphatic carbocycles. The number of hydrogen-bond donors (Lipinski definition) is 3. The van der Waals surface area contributed by atoms with Crippen LogP contribution in [0.3, 0.4) is 0 Å². The third-order valence-electron chi connectivity index (χ3n) is 7.16. The Morgan fingerprint density at radius 3 is 2.45 bits per heavy atom. The van der Waals surface area contributed by atoms with E-state index in [4.69, 9.17) is 18.9 Å². The first-order valence-electron chi connectivity index (χ1n) is 11.7. The van der Waals surface area contributed by atoms with Crippen LogP contribution in [0.4, 0.5) is 11.4 Å². The number of H-pyrrole nitrogens is 1. The molecule has 0 radical (unpaired) electrons. The molecular weight excluding hydrogens is 562 g/mol. The van der Waals surface area contributed by atoms with Gasteiger partial charge in [-0.1, -0.05) is 15.9 Å². The van der Waals surface area contributed by atoms with Crippen molar-refractivity contribution in [2.24, 2.45) is 0 Å². The molecule has 3 aromatic rings. The summed E-state index contributed by atoms with van der Waals surface area (Å²) < 4.78 is 21.3. The van der Waals surface area contributed by atoms with Crippen molar-refractivity contribution in [3.8, 4) is 23.0 Å². The zero-order valence-corrected chi connectivity index (χ0v) is 22.9. The quantitative estimate of drug-likeness (QED) is 0.171. The number of aromatic nitrogens is 1. The number of anilines is 2. The Hall–Kier alpha value is -3.93. The predicted molar refractivity (Wildman–Crippen MR) is 143 cm³/mol. The lowest BCUT2D eigenvalue weighted by Crippen LogP contribution is -2.47. The molecule has 38 heavy (non-hydrogen) atoms. The van der Waals surface area contributed by atoms with Gasteiger partial charge >= 0.3 is 5.97 Å². The van der Waals surface area contributed by atoms with E-state index in [1.54, 1.807) is 12.1 Å². The Morgan fingerprint density at radius 1 is 1.13 bits per heavy atom. The van der Waals surface area contributed by atoms with E-state index in [-0.39, 0.29) is 41.1 Å². The Bertz CT molecular complexity index is 1520. The Labute approximate surface area is 226 Å². The number of ether oxygens (including phenoxy) is 4. The molecule has 11 nitrogen and oxygen atoms in total. The van der Waals surface area contributed by atoms with E-state index in [9.17, 15) is 19.5 Å². The highest BCUT2D eigenvalue weighted by Gasteiger charge is 2.53. The number of methoxy groups -OCH3 is 4. The molecule has 3 N–H and O–H groups in total. The zero-order chi connectivity index (χ0) is 27.5. The molecule has 0 saturated heterocycles. The molecule has 2 atom stereocenters. The summed E-state index contributed by atoms with van der Waals surface area (Å²) in [6.45, 7) is 1.66. The van der Waals surface area contributed by atoms with Crippen molar-refractivity contribution in [3.05, 3.63) is 35.0 Å². The molecule has 0 bridgehead atoms. The Morgan fingerprint density at radius 2 is 1.84 bits per heavy atom. The van der Waals surface area contributed by atoms with Gasteiger partial charge in [0.1, 0.15) is 11.4 Å². The monoisotopic (exact) mass is 587 g/mol. The number of hydrogen-bond acceptors (Lipinski definition) is 9. The van der Waals surface area contributed by atoms with Crippen LogP contribution >= 0.6 is 15.9 Å². The number of Topliss-reactive ketones (excluding diaryl/α,β-unsaturated/α-hetero) is 1. The fraction of sp³-hybridized carbons (Fsp3) is 0.346.